The first-order chi connectivity index (χ1) is 14.0. The number of amides is 1. The van der Waals surface area contributed by atoms with E-state index in [1.165, 1.54) is 0 Å². The van der Waals surface area contributed by atoms with Gasteiger partial charge in [-0.2, -0.15) is 0 Å². The van der Waals surface area contributed by atoms with Gasteiger partial charge in [-0.05, 0) is 83.3 Å². The Morgan fingerprint density at radius 3 is 2.45 bits per heavy atom. The summed E-state index contributed by atoms with van der Waals surface area (Å²) < 4.78 is 12.0. The lowest BCUT2D eigenvalue weighted by Crippen LogP contribution is -2.34. The number of carbonyl (C=O) groups excluding carboxylic acids is 1. The predicted molar refractivity (Wildman–Crippen MR) is 127 cm³/mol. The van der Waals surface area contributed by atoms with Crippen LogP contribution in [0.5, 0.6) is 11.5 Å². The molecular weight excluding hydrogens is 499 g/mol. The molecular formula is C22H19IN2O3S. The number of rotatable bonds is 6. The van der Waals surface area contributed by atoms with Crippen LogP contribution in [0.2, 0.25) is 0 Å². The van der Waals surface area contributed by atoms with E-state index in [0.717, 1.165) is 20.6 Å². The first-order valence-electron chi connectivity index (χ1n) is 8.78. The van der Waals surface area contributed by atoms with E-state index in [0.29, 0.717) is 11.3 Å². The Morgan fingerprint density at radius 2 is 1.72 bits per heavy atom. The molecule has 1 amide bonds. The molecule has 0 heterocycles. The Hall–Kier alpha value is -2.65. The molecule has 2 N–H and O–H groups in total. The maximum atomic E-state index is 12.7. The number of anilines is 1. The molecule has 0 atom stereocenters. The fraction of sp³-hybridized carbons (Fsp3) is 0.0909. The molecule has 0 aliphatic heterocycles. The van der Waals surface area contributed by atoms with Gasteiger partial charge in [-0.3, -0.25) is 10.1 Å². The van der Waals surface area contributed by atoms with Crippen LogP contribution in [0.4, 0.5) is 5.69 Å². The number of nitrogens with one attached hydrogen (secondary N) is 2. The molecule has 0 saturated carbocycles. The third-order valence-electron chi connectivity index (χ3n) is 4.03. The summed E-state index contributed by atoms with van der Waals surface area (Å²) >= 11 is 7.49. The van der Waals surface area contributed by atoms with Crippen molar-refractivity contribution in [3.8, 4) is 11.5 Å². The Bertz CT molecular complexity index is 1010. The lowest BCUT2D eigenvalue weighted by Gasteiger charge is -2.13. The van der Waals surface area contributed by atoms with Gasteiger partial charge in [0, 0.05) is 20.4 Å². The van der Waals surface area contributed by atoms with E-state index in [4.69, 9.17) is 21.7 Å². The number of hydrogen-bond donors (Lipinski definition) is 2. The van der Waals surface area contributed by atoms with Gasteiger partial charge in [0.15, 0.2) is 5.11 Å². The van der Waals surface area contributed by atoms with Crippen molar-refractivity contribution in [2.24, 2.45) is 0 Å². The zero-order chi connectivity index (χ0) is 20.6. The number of methoxy groups -OCH3 is 1. The highest BCUT2D eigenvalue weighted by atomic mass is 127. The van der Waals surface area contributed by atoms with Crippen LogP contribution in [-0.4, -0.2) is 18.1 Å². The van der Waals surface area contributed by atoms with Gasteiger partial charge in [-0.1, -0.05) is 24.3 Å². The number of ether oxygens (including phenoxy) is 2. The molecule has 0 spiro atoms. The zero-order valence-corrected chi connectivity index (χ0v) is 18.6. The van der Waals surface area contributed by atoms with Crippen LogP contribution in [0.1, 0.15) is 15.9 Å². The second kappa shape index (κ2) is 10.2. The van der Waals surface area contributed by atoms with Crippen molar-refractivity contribution in [2.45, 2.75) is 6.61 Å². The molecule has 0 saturated heterocycles. The van der Waals surface area contributed by atoms with Gasteiger partial charge in [-0.25, -0.2) is 0 Å². The van der Waals surface area contributed by atoms with Crippen molar-refractivity contribution in [3.63, 3.8) is 0 Å². The molecule has 29 heavy (non-hydrogen) atoms. The van der Waals surface area contributed by atoms with Crippen LogP contribution >= 0.6 is 34.8 Å². The molecule has 0 bridgehead atoms. The molecule has 0 aliphatic carbocycles. The van der Waals surface area contributed by atoms with Crippen molar-refractivity contribution in [1.82, 2.24) is 5.32 Å². The Balaban J connectivity index is 1.63. The lowest BCUT2D eigenvalue weighted by atomic mass is 10.1. The number of carbonyl (C=O) groups is 1. The summed E-state index contributed by atoms with van der Waals surface area (Å²) in [5, 5.41) is 5.99. The minimum atomic E-state index is -0.290. The highest BCUT2D eigenvalue weighted by Gasteiger charge is 2.13. The third kappa shape index (κ3) is 6.16. The van der Waals surface area contributed by atoms with E-state index < -0.39 is 0 Å². The number of hydrogen-bond acceptors (Lipinski definition) is 4. The van der Waals surface area contributed by atoms with Gasteiger partial charge in [0.05, 0.1) is 7.11 Å². The third-order valence-corrected chi connectivity index (χ3v) is 4.90. The fourth-order valence-electron chi connectivity index (χ4n) is 2.60. The summed E-state index contributed by atoms with van der Waals surface area (Å²) in [7, 11) is 1.61. The number of thiocarbonyl (C=S) groups is 1. The van der Waals surface area contributed by atoms with E-state index in [2.05, 4.69) is 33.2 Å². The summed E-state index contributed by atoms with van der Waals surface area (Å²) in [5.74, 6) is 1.16. The lowest BCUT2D eigenvalue weighted by molar-refractivity contribution is 0.0975. The summed E-state index contributed by atoms with van der Waals surface area (Å²) in [4.78, 5) is 12.7. The summed E-state index contributed by atoms with van der Waals surface area (Å²) in [5.41, 5.74) is 2.09. The van der Waals surface area contributed by atoms with Gasteiger partial charge in [0.2, 0.25) is 0 Å². The highest BCUT2D eigenvalue weighted by molar-refractivity contribution is 14.1. The molecule has 0 unspecified atom stereocenters. The summed E-state index contributed by atoms with van der Waals surface area (Å²) in [6.45, 7) is 0.257. The maximum absolute atomic E-state index is 12.7. The molecule has 0 fully saturated rings. The predicted octanol–water partition coefficient (Wildman–Crippen LogP) is 5.01. The monoisotopic (exact) mass is 518 g/mol. The second-order valence-electron chi connectivity index (χ2n) is 6.04. The van der Waals surface area contributed by atoms with E-state index in [9.17, 15) is 4.79 Å². The smallest absolute Gasteiger partial charge is 0.257 e. The Kier molecular flexibility index (Phi) is 7.42. The maximum Gasteiger partial charge on any atom is 0.257 e. The van der Waals surface area contributed by atoms with Crippen molar-refractivity contribution in [2.75, 3.05) is 12.4 Å². The minimum Gasteiger partial charge on any atom is -0.497 e. The van der Waals surface area contributed by atoms with E-state index >= 15 is 0 Å². The SMILES string of the molecule is COc1ccc(OCc2ccccc2C(=O)NC(=S)Nc2cccc(I)c2)cc1. The second-order valence-corrected chi connectivity index (χ2v) is 7.69. The van der Waals surface area contributed by atoms with Gasteiger partial charge >= 0.3 is 0 Å². The molecule has 3 rings (SSSR count). The van der Waals surface area contributed by atoms with Gasteiger partial charge in [0.1, 0.15) is 18.1 Å². The largest absolute Gasteiger partial charge is 0.497 e. The van der Waals surface area contributed by atoms with Crippen molar-refractivity contribution >= 4 is 51.5 Å². The van der Waals surface area contributed by atoms with Crippen molar-refractivity contribution in [1.29, 1.82) is 0 Å². The molecule has 5 nitrogen and oxygen atoms in total. The van der Waals surface area contributed by atoms with Gasteiger partial charge in [-0.15, -0.1) is 0 Å². The summed E-state index contributed by atoms with van der Waals surface area (Å²) in [6.07, 6.45) is 0. The average molecular weight is 518 g/mol. The molecule has 148 valence electrons. The van der Waals surface area contributed by atoms with E-state index in [-0.39, 0.29) is 17.6 Å². The molecule has 0 aliphatic rings. The Morgan fingerprint density at radius 1 is 1.00 bits per heavy atom. The van der Waals surface area contributed by atoms with Crippen LogP contribution < -0.4 is 20.1 Å². The average Bonchev–Trinajstić information content (AvgIpc) is 2.72. The molecule has 3 aromatic rings. The van der Waals surface area contributed by atoms with E-state index in [1.807, 2.05) is 66.7 Å². The van der Waals surface area contributed by atoms with Crippen LogP contribution in [0.25, 0.3) is 0 Å². The standard InChI is InChI=1S/C22H19IN2O3S/c1-27-18-9-11-19(12-10-18)28-14-15-5-2-3-8-20(15)21(26)25-22(29)24-17-7-4-6-16(23)13-17/h2-13H,14H2,1H3,(H2,24,25,26,29). The highest BCUT2D eigenvalue weighted by Crippen LogP contribution is 2.19. The molecule has 3 aromatic carbocycles. The van der Waals surface area contributed by atoms with Crippen LogP contribution in [0.3, 0.4) is 0 Å². The Labute approximate surface area is 188 Å². The summed E-state index contributed by atoms with van der Waals surface area (Å²) in [6, 6.07) is 22.3. The minimum absolute atomic E-state index is 0.239. The molecule has 7 heteroatoms. The van der Waals surface area contributed by atoms with E-state index in [1.54, 1.807) is 13.2 Å². The quantitative estimate of drug-likeness (QED) is 0.355. The molecule has 0 aromatic heterocycles. The number of benzene rings is 3. The van der Waals surface area contributed by atoms with Gasteiger partial charge < -0.3 is 14.8 Å². The zero-order valence-electron chi connectivity index (χ0n) is 15.6. The fourth-order valence-corrected chi connectivity index (χ4v) is 3.35. The van der Waals surface area contributed by atoms with Crippen molar-refractivity contribution in [3.05, 3.63) is 87.5 Å². The first-order valence-corrected chi connectivity index (χ1v) is 10.3. The van der Waals surface area contributed by atoms with Crippen LogP contribution in [0, 0.1) is 3.57 Å². The number of halogens is 1. The van der Waals surface area contributed by atoms with Crippen molar-refractivity contribution < 1.29 is 14.3 Å². The molecule has 0 radical (unpaired) electrons. The first kappa shape index (κ1) is 21.1. The normalized spacial score (nSPS) is 10.1. The topological polar surface area (TPSA) is 59.6 Å². The van der Waals surface area contributed by atoms with Crippen LogP contribution in [-0.2, 0) is 6.61 Å². The van der Waals surface area contributed by atoms with Crippen LogP contribution in [0.15, 0.2) is 72.8 Å². The van der Waals surface area contributed by atoms with Gasteiger partial charge in [0.25, 0.3) is 5.91 Å².